The average Bonchev–Trinajstić information content (AvgIpc) is 2.80. The zero-order valence-electron chi connectivity index (χ0n) is 19.3. The molecule has 2 unspecified atom stereocenters. The van der Waals surface area contributed by atoms with Crippen molar-refractivity contribution in [1.29, 1.82) is 0 Å². The van der Waals surface area contributed by atoms with Crippen LogP contribution >= 0.6 is 0 Å². The summed E-state index contributed by atoms with van der Waals surface area (Å²) in [4.78, 5) is 25.2. The van der Waals surface area contributed by atoms with Crippen LogP contribution in [-0.2, 0) is 15.0 Å². The second kappa shape index (κ2) is 13.7. The summed E-state index contributed by atoms with van der Waals surface area (Å²) < 4.78 is 0. The fourth-order valence-corrected chi connectivity index (χ4v) is 4.72. The molecular weight excluding hydrogens is 400 g/mol. The van der Waals surface area contributed by atoms with E-state index in [9.17, 15) is 19.8 Å². The van der Waals surface area contributed by atoms with Crippen LogP contribution in [0.3, 0.4) is 0 Å². The normalized spacial score (nSPS) is 13.9. The third kappa shape index (κ3) is 6.94. The first-order chi connectivity index (χ1) is 15.5. The Morgan fingerprint density at radius 1 is 0.719 bits per heavy atom. The van der Waals surface area contributed by atoms with Crippen LogP contribution in [0.15, 0.2) is 60.7 Å². The van der Waals surface area contributed by atoms with Crippen molar-refractivity contribution in [1.82, 2.24) is 0 Å². The van der Waals surface area contributed by atoms with Gasteiger partial charge in [0.25, 0.3) is 0 Å². The summed E-state index contributed by atoms with van der Waals surface area (Å²) in [5.41, 5.74) is -0.424. The van der Waals surface area contributed by atoms with Crippen molar-refractivity contribution in [2.24, 2.45) is 0 Å². The third-order valence-electron chi connectivity index (χ3n) is 6.47. The Morgan fingerprint density at radius 2 is 1.19 bits per heavy atom. The monoisotopic (exact) mass is 438 g/mol. The van der Waals surface area contributed by atoms with Crippen LogP contribution in [0.1, 0.15) is 94.6 Å². The van der Waals surface area contributed by atoms with Crippen molar-refractivity contribution in [2.75, 3.05) is 0 Å². The van der Waals surface area contributed by atoms with Gasteiger partial charge in [-0.1, -0.05) is 132 Å². The van der Waals surface area contributed by atoms with E-state index in [1.165, 1.54) is 38.5 Å². The molecule has 0 aliphatic heterocycles. The number of hydrogen-bond acceptors (Lipinski definition) is 2. The molecule has 4 nitrogen and oxygen atoms in total. The molecule has 0 amide bonds. The van der Waals surface area contributed by atoms with Crippen molar-refractivity contribution < 1.29 is 19.8 Å². The van der Waals surface area contributed by atoms with Crippen LogP contribution < -0.4 is 0 Å². The second-order valence-corrected chi connectivity index (χ2v) is 8.76. The highest BCUT2D eigenvalue weighted by Gasteiger charge is 2.51. The van der Waals surface area contributed by atoms with E-state index in [0.717, 1.165) is 19.3 Å². The van der Waals surface area contributed by atoms with Crippen molar-refractivity contribution >= 4 is 11.9 Å². The van der Waals surface area contributed by atoms with E-state index in [2.05, 4.69) is 6.92 Å². The van der Waals surface area contributed by atoms with E-state index in [1.54, 1.807) is 48.5 Å². The first-order valence-corrected chi connectivity index (χ1v) is 12.1. The van der Waals surface area contributed by atoms with E-state index in [1.807, 2.05) is 12.1 Å². The van der Waals surface area contributed by atoms with Gasteiger partial charge in [0.15, 0.2) is 0 Å². The molecule has 0 radical (unpaired) electrons. The minimum Gasteiger partial charge on any atom is -0.481 e. The lowest BCUT2D eigenvalue weighted by atomic mass is 9.64. The Balaban J connectivity index is 2.14. The maximum absolute atomic E-state index is 12.8. The number of benzene rings is 2. The topological polar surface area (TPSA) is 74.6 Å². The molecule has 4 heteroatoms. The van der Waals surface area contributed by atoms with E-state index in [4.69, 9.17) is 0 Å². The highest BCUT2D eigenvalue weighted by Crippen LogP contribution is 2.44. The van der Waals surface area contributed by atoms with Gasteiger partial charge in [0.1, 0.15) is 11.3 Å². The molecule has 0 bridgehead atoms. The van der Waals surface area contributed by atoms with Crippen molar-refractivity contribution in [2.45, 2.75) is 88.9 Å². The smallest absolute Gasteiger partial charge is 0.315 e. The molecule has 2 atom stereocenters. The van der Waals surface area contributed by atoms with Crippen LogP contribution in [0, 0.1) is 0 Å². The zero-order valence-corrected chi connectivity index (χ0v) is 19.3. The molecule has 0 aliphatic rings. The molecule has 0 saturated carbocycles. The number of carboxylic acids is 2. The number of aliphatic carboxylic acids is 2. The number of carbonyl (C=O) groups is 2. The quantitative estimate of drug-likeness (QED) is 0.272. The lowest BCUT2D eigenvalue weighted by molar-refractivity contribution is -0.153. The number of unbranched alkanes of at least 4 members (excludes halogenated alkanes) is 9. The van der Waals surface area contributed by atoms with Gasteiger partial charge in [0.2, 0.25) is 0 Å². The molecule has 0 aliphatic carbocycles. The van der Waals surface area contributed by atoms with Gasteiger partial charge in [-0.05, 0) is 17.5 Å². The molecule has 2 aromatic carbocycles. The highest BCUT2D eigenvalue weighted by atomic mass is 16.4. The van der Waals surface area contributed by atoms with Gasteiger partial charge in [-0.15, -0.1) is 0 Å². The minimum absolute atomic E-state index is 0.300. The van der Waals surface area contributed by atoms with Crippen LogP contribution in [0.25, 0.3) is 0 Å². The summed E-state index contributed by atoms with van der Waals surface area (Å²) >= 11 is 0. The van der Waals surface area contributed by atoms with Crippen molar-refractivity contribution in [3.05, 3.63) is 71.8 Å². The van der Waals surface area contributed by atoms with Crippen molar-refractivity contribution in [3.63, 3.8) is 0 Å². The predicted molar refractivity (Wildman–Crippen MR) is 129 cm³/mol. The molecule has 32 heavy (non-hydrogen) atoms. The Bertz CT molecular complexity index is 803. The van der Waals surface area contributed by atoms with Crippen LogP contribution in [-0.4, -0.2) is 22.2 Å². The molecule has 2 rings (SSSR count). The van der Waals surface area contributed by atoms with Gasteiger partial charge in [-0.25, -0.2) is 0 Å². The summed E-state index contributed by atoms with van der Waals surface area (Å²) in [5.74, 6) is -3.33. The molecule has 0 heterocycles. The van der Waals surface area contributed by atoms with E-state index in [0.29, 0.717) is 24.0 Å². The minimum atomic E-state index is -1.51. The lowest BCUT2D eigenvalue weighted by Crippen LogP contribution is -2.45. The number of hydrogen-bond donors (Lipinski definition) is 2. The third-order valence-corrected chi connectivity index (χ3v) is 6.47. The van der Waals surface area contributed by atoms with E-state index < -0.39 is 23.3 Å². The van der Waals surface area contributed by atoms with Gasteiger partial charge < -0.3 is 10.2 Å². The molecule has 174 valence electrons. The molecule has 0 spiro atoms. The highest BCUT2D eigenvalue weighted by molar-refractivity contribution is 5.92. The summed E-state index contributed by atoms with van der Waals surface area (Å²) in [5, 5.41) is 20.6. The van der Waals surface area contributed by atoms with Crippen LogP contribution in [0.2, 0.25) is 0 Å². The fraction of sp³-hybridized carbons (Fsp3) is 0.500. The maximum atomic E-state index is 12.8. The summed E-state index contributed by atoms with van der Waals surface area (Å²) in [6, 6.07) is 17.7. The number of rotatable bonds is 16. The van der Waals surface area contributed by atoms with Gasteiger partial charge >= 0.3 is 11.9 Å². The van der Waals surface area contributed by atoms with Gasteiger partial charge in [-0.2, -0.15) is 0 Å². The van der Waals surface area contributed by atoms with Gasteiger partial charge in [-0.3, -0.25) is 9.59 Å². The fourth-order valence-electron chi connectivity index (χ4n) is 4.72. The largest absolute Gasteiger partial charge is 0.481 e. The first-order valence-electron chi connectivity index (χ1n) is 12.1. The van der Waals surface area contributed by atoms with Crippen molar-refractivity contribution in [3.8, 4) is 0 Å². The zero-order chi connectivity index (χ0) is 23.2. The Labute approximate surface area is 192 Å². The van der Waals surface area contributed by atoms with Gasteiger partial charge in [0.05, 0.1) is 0 Å². The molecule has 2 aromatic rings. The molecule has 0 aromatic heterocycles. The summed E-state index contributed by atoms with van der Waals surface area (Å²) in [6.45, 7) is 2.22. The first kappa shape index (κ1) is 25.6. The SMILES string of the molecule is CCCCCCCCCCCCC(C(=O)O)(c1ccccc1)C(C(=O)O)c1ccccc1. The Morgan fingerprint density at radius 3 is 1.66 bits per heavy atom. The molecule has 0 fully saturated rings. The molecule has 2 N–H and O–H groups in total. The number of carboxylic acid groups (broad SMARTS) is 2. The molecule has 0 saturated heterocycles. The lowest BCUT2D eigenvalue weighted by Gasteiger charge is -2.36. The Hall–Kier alpha value is -2.62. The predicted octanol–water partition coefficient (Wildman–Crippen LogP) is 7.19. The molecular formula is C28H38O4. The average molecular weight is 439 g/mol. The van der Waals surface area contributed by atoms with E-state index >= 15 is 0 Å². The Kier molecular flexibility index (Phi) is 11.0. The summed E-state index contributed by atoms with van der Waals surface area (Å²) in [7, 11) is 0. The standard InChI is InChI=1S/C28H38O4/c1-2-3-4-5-6-7-8-9-10-17-22-28(27(31)32,24-20-15-12-16-21-24)25(26(29)30)23-18-13-11-14-19-23/h11-16,18-21,25H,2-10,17,22H2,1H3,(H,29,30)(H,31,32). The summed E-state index contributed by atoms with van der Waals surface area (Å²) in [6.07, 6.45) is 11.8. The van der Waals surface area contributed by atoms with Crippen LogP contribution in [0.4, 0.5) is 0 Å². The maximum Gasteiger partial charge on any atom is 0.315 e. The van der Waals surface area contributed by atoms with Crippen LogP contribution in [0.5, 0.6) is 0 Å². The second-order valence-electron chi connectivity index (χ2n) is 8.76. The van der Waals surface area contributed by atoms with E-state index in [-0.39, 0.29) is 0 Å². The van der Waals surface area contributed by atoms with Gasteiger partial charge in [0, 0.05) is 0 Å².